The summed E-state index contributed by atoms with van der Waals surface area (Å²) in [6.45, 7) is 5.90. The number of hydrogen-bond acceptors (Lipinski definition) is 2. The van der Waals surface area contributed by atoms with Crippen LogP contribution >= 0.6 is 0 Å². The number of carboxylic acids is 1. The zero-order chi connectivity index (χ0) is 13.5. The number of fused-ring (bicyclic) bond motifs is 1. The number of phenols is 1. The van der Waals surface area contributed by atoms with Gasteiger partial charge in [0.2, 0.25) is 0 Å². The highest BCUT2D eigenvalue weighted by molar-refractivity contribution is 5.90. The second-order valence-corrected chi connectivity index (χ2v) is 4.92. The average molecular weight is 247 g/mol. The van der Waals surface area contributed by atoms with E-state index in [-0.39, 0.29) is 5.75 Å². The van der Waals surface area contributed by atoms with Crippen LogP contribution in [0.3, 0.4) is 0 Å². The maximum absolute atomic E-state index is 11.4. The Bertz CT molecular complexity index is 611. The number of aryl methyl sites for hydroxylation is 1. The molecule has 0 aliphatic heterocycles. The fraction of sp³-hybridized carbons (Fsp3) is 0.357. The molecule has 2 aromatic rings. The standard InChI is InChI=1S/C14H17NO3/c1-4-15-11(14(2,3)13(17)18)8-9-6-5-7-10(16)12(9)15/h5-8,16H,4H2,1-3H3,(H,17,18). The molecule has 0 saturated heterocycles. The molecule has 4 nitrogen and oxygen atoms in total. The van der Waals surface area contributed by atoms with E-state index in [1.807, 2.05) is 23.6 Å². The summed E-state index contributed by atoms with van der Waals surface area (Å²) in [6, 6.07) is 7.09. The number of benzene rings is 1. The number of carbonyl (C=O) groups is 1. The smallest absolute Gasteiger partial charge is 0.315 e. The highest BCUT2D eigenvalue weighted by atomic mass is 16.4. The summed E-state index contributed by atoms with van der Waals surface area (Å²) in [5.41, 5.74) is 0.417. The van der Waals surface area contributed by atoms with E-state index in [1.165, 1.54) is 0 Å². The number of para-hydroxylation sites is 1. The van der Waals surface area contributed by atoms with Crippen LogP contribution in [0.2, 0.25) is 0 Å². The van der Waals surface area contributed by atoms with E-state index in [2.05, 4.69) is 0 Å². The van der Waals surface area contributed by atoms with Crippen molar-refractivity contribution in [2.75, 3.05) is 0 Å². The van der Waals surface area contributed by atoms with Gasteiger partial charge in [0.25, 0.3) is 0 Å². The first-order valence-electron chi connectivity index (χ1n) is 5.94. The van der Waals surface area contributed by atoms with Gasteiger partial charge in [-0.15, -0.1) is 0 Å². The SMILES string of the molecule is CCn1c(C(C)(C)C(=O)O)cc2cccc(O)c21. The van der Waals surface area contributed by atoms with E-state index in [0.717, 1.165) is 5.39 Å². The highest BCUT2D eigenvalue weighted by Gasteiger charge is 2.33. The van der Waals surface area contributed by atoms with E-state index in [1.54, 1.807) is 26.0 Å². The topological polar surface area (TPSA) is 62.5 Å². The number of rotatable bonds is 3. The molecule has 4 heteroatoms. The Morgan fingerprint density at radius 3 is 2.61 bits per heavy atom. The lowest BCUT2D eigenvalue weighted by atomic mass is 9.89. The largest absolute Gasteiger partial charge is 0.506 e. The third-order valence-electron chi connectivity index (χ3n) is 3.39. The molecule has 0 bridgehead atoms. The third-order valence-corrected chi connectivity index (χ3v) is 3.39. The van der Waals surface area contributed by atoms with Gasteiger partial charge in [0.1, 0.15) is 11.2 Å². The maximum Gasteiger partial charge on any atom is 0.315 e. The molecule has 96 valence electrons. The average Bonchev–Trinajstić information content (AvgIpc) is 2.69. The molecule has 1 heterocycles. The van der Waals surface area contributed by atoms with Crippen LogP contribution in [0.15, 0.2) is 24.3 Å². The first-order chi connectivity index (χ1) is 8.39. The molecule has 0 atom stereocenters. The third kappa shape index (κ3) is 1.65. The molecule has 0 spiro atoms. The molecule has 1 aromatic heterocycles. The molecule has 0 radical (unpaired) electrons. The van der Waals surface area contributed by atoms with Gasteiger partial charge in [0, 0.05) is 17.6 Å². The Hall–Kier alpha value is -1.97. The van der Waals surface area contributed by atoms with E-state index in [9.17, 15) is 15.0 Å². The summed E-state index contributed by atoms with van der Waals surface area (Å²) in [5.74, 6) is -0.693. The number of aromatic hydroxyl groups is 1. The van der Waals surface area contributed by atoms with Gasteiger partial charge >= 0.3 is 5.97 Å². The Balaban J connectivity index is 2.81. The lowest BCUT2D eigenvalue weighted by Crippen LogP contribution is -2.31. The number of phenolic OH excluding ortho intramolecular Hbond substituents is 1. The van der Waals surface area contributed by atoms with Crippen molar-refractivity contribution in [1.29, 1.82) is 0 Å². The van der Waals surface area contributed by atoms with Crippen LogP contribution < -0.4 is 0 Å². The number of aromatic nitrogens is 1. The van der Waals surface area contributed by atoms with Crippen molar-refractivity contribution in [2.45, 2.75) is 32.7 Å². The van der Waals surface area contributed by atoms with Crippen LogP contribution in [0.1, 0.15) is 26.5 Å². The maximum atomic E-state index is 11.4. The number of carboxylic acid groups (broad SMARTS) is 1. The summed E-state index contributed by atoms with van der Waals surface area (Å²) in [7, 11) is 0. The molecule has 0 aliphatic rings. The Kier molecular flexibility index (Phi) is 2.81. The van der Waals surface area contributed by atoms with Crippen molar-refractivity contribution in [1.82, 2.24) is 4.57 Å². The molecule has 0 unspecified atom stereocenters. The monoisotopic (exact) mass is 247 g/mol. The van der Waals surface area contributed by atoms with Crippen molar-refractivity contribution < 1.29 is 15.0 Å². The lowest BCUT2D eigenvalue weighted by Gasteiger charge is -2.21. The molecule has 0 amide bonds. The van der Waals surface area contributed by atoms with Crippen molar-refractivity contribution in [3.8, 4) is 5.75 Å². The van der Waals surface area contributed by atoms with E-state index in [0.29, 0.717) is 17.8 Å². The van der Waals surface area contributed by atoms with Gasteiger partial charge in [0.05, 0.1) is 5.52 Å². The second-order valence-electron chi connectivity index (χ2n) is 4.92. The van der Waals surface area contributed by atoms with Crippen LogP contribution in [-0.4, -0.2) is 20.7 Å². The summed E-state index contributed by atoms with van der Waals surface area (Å²) in [4.78, 5) is 11.4. The van der Waals surface area contributed by atoms with Gasteiger partial charge in [0.15, 0.2) is 0 Å². The number of hydrogen-bond donors (Lipinski definition) is 2. The normalized spacial score (nSPS) is 11.9. The second kappa shape index (κ2) is 4.05. The summed E-state index contributed by atoms with van der Waals surface area (Å²) in [6.07, 6.45) is 0. The zero-order valence-electron chi connectivity index (χ0n) is 10.8. The summed E-state index contributed by atoms with van der Waals surface area (Å²) in [5, 5.41) is 20.1. The zero-order valence-corrected chi connectivity index (χ0v) is 10.8. The number of aliphatic carboxylic acids is 1. The van der Waals surface area contributed by atoms with Crippen LogP contribution in [0.4, 0.5) is 0 Å². The minimum absolute atomic E-state index is 0.182. The van der Waals surface area contributed by atoms with E-state index >= 15 is 0 Å². The predicted molar refractivity (Wildman–Crippen MR) is 69.9 cm³/mol. The van der Waals surface area contributed by atoms with Gasteiger partial charge in [-0.25, -0.2) is 0 Å². The molecule has 2 rings (SSSR count). The molecule has 2 N–H and O–H groups in total. The molecule has 1 aromatic carbocycles. The van der Waals surface area contributed by atoms with Crippen molar-refractivity contribution in [3.05, 3.63) is 30.0 Å². The molecular weight excluding hydrogens is 230 g/mol. The van der Waals surface area contributed by atoms with Gasteiger partial charge in [-0.1, -0.05) is 12.1 Å². The van der Waals surface area contributed by atoms with Crippen molar-refractivity contribution >= 4 is 16.9 Å². The predicted octanol–water partition coefficient (Wildman–Crippen LogP) is 2.73. The van der Waals surface area contributed by atoms with Crippen LogP contribution in [0.5, 0.6) is 5.75 Å². The molecule has 18 heavy (non-hydrogen) atoms. The first kappa shape index (κ1) is 12.5. The highest BCUT2D eigenvalue weighted by Crippen LogP contribution is 2.34. The van der Waals surface area contributed by atoms with E-state index in [4.69, 9.17) is 0 Å². The van der Waals surface area contributed by atoms with Gasteiger partial charge in [-0.05, 0) is 32.9 Å². The first-order valence-corrected chi connectivity index (χ1v) is 5.94. The molecular formula is C14H17NO3. The van der Waals surface area contributed by atoms with Crippen LogP contribution in [0, 0.1) is 0 Å². The Morgan fingerprint density at radius 2 is 2.06 bits per heavy atom. The molecule has 0 saturated carbocycles. The number of nitrogens with zero attached hydrogens (tertiary/aromatic N) is 1. The molecule has 0 aliphatic carbocycles. The van der Waals surface area contributed by atoms with Crippen molar-refractivity contribution in [2.24, 2.45) is 0 Å². The van der Waals surface area contributed by atoms with Crippen LogP contribution in [-0.2, 0) is 16.8 Å². The van der Waals surface area contributed by atoms with Gasteiger partial charge in [-0.3, -0.25) is 4.79 Å². The fourth-order valence-electron chi connectivity index (χ4n) is 2.26. The lowest BCUT2D eigenvalue weighted by molar-refractivity contribution is -0.142. The van der Waals surface area contributed by atoms with Crippen molar-refractivity contribution in [3.63, 3.8) is 0 Å². The fourth-order valence-corrected chi connectivity index (χ4v) is 2.26. The summed E-state index contributed by atoms with van der Waals surface area (Å²) >= 11 is 0. The quantitative estimate of drug-likeness (QED) is 0.876. The minimum Gasteiger partial charge on any atom is -0.506 e. The molecule has 0 fully saturated rings. The van der Waals surface area contributed by atoms with Gasteiger partial charge in [-0.2, -0.15) is 0 Å². The minimum atomic E-state index is -0.985. The Morgan fingerprint density at radius 1 is 1.39 bits per heavy atom. The summed E-state index contributed by atoms with van der Waals surface area (Å²) < 4.78 is 1.86. The van der Waals surface area contributed by atoms with E-state index < -0.39 is 11.4 Å². The van der Waals surface area contributed by atoms with Crippen LogP contribution in [0.25, 0.3) is 10.9 Å². The van der Waals surface area contributed by atoms with Gasteiger partial charge < -0.3 is 14.8 Å². The Labute approximate surface area is 105 Å².